The molecule has 1 aromatic carbocycles. The molecule has 0 bridgehead atoms. The number of imidazole rings is 1. The van der Waals surface area contributed by atoms with Gasteiger partial charge in [-0.25, -0.2) is 4.98 Å². The van der Waals surface area contributed by atoms with Crippen LogP contribution < -0.4 is 0 Å². The van der Waals surface area contributed by atoms with Gasteiger partial charge in [-0.1, -0.05) is 29.8 Å². The van der Waals surface area contributed by atoms with Crippen LogP contribution in [-0.2, 0) is 13.5 Å². The van der Waals surface area contributed by atoms with Gasteiger partial charge in [0, 0.05) is 30.7 Å². The lowest BCUT2D eigenvalue weighted by atomic mass is 10.1. The maximum atomic E-state index is 12.6. The van der Waals surface area contributed by atoms with Crippen LogP contribution in [0.5, 0.6) is 0 Å². The van der Waals surface area contributed by atoms with Crippen molar-refractivity contribution in [2.45, 2.75) is 13.3 Å². The predicted octanol–water partition coefficient (Wildman–Crippen LogP) is 2.64. The van der Waals surface area contributed by atoms with Gasteiger partial charge in [-0.05, 0) is 19.1 Å². The van der Waals surface area contributed by atoms with Gasteiger partial charge in [0.05, 0.1) is 12.1 Å². The molecular weight excluding hydrogens is 290 g/mol. The number of rotatable bonds is 4. The Labute approximate surface area is 134 Å². The molecule has 0 radical (unpaired) electrons. The third-order valence-electron chi connectivity index (χ3n) is 3.90. The zero-order valence-electron chi connectivity index (χ0n) is 13.1. The van der Waals surface area contributed by atoms with Crippen LogP contribution in [0.3, 0.4) is 0 Å². The second-order valence-electron chi connectivity index (χ2n) is 5.50. The third-order valence-corrected chi connectivity index (χ3v) is 3.90. The summed E-state index contributed by atoms with van der Waals surface area (Å²) in [5, 5.41) is 0. The van der Waals surface area contributed by atoms with Gasteiger partial charge in [0.2, 0.25) is 11.7 Å². The molecule has 3 rings (SSSR count). The molecular formula is C18H17N3O2. The molecule has 5 nitrogen and oxygen atoms in total. The molecule has 0 N–H and O–H groups in total. The van der Waals surface area contributed by atoms with E-state index in [9.17, 15) is 9.59 Å². The first kappa shape index (κ1) is 15.0. The summed E-state index contributed by atoms with van der Waals surface area (Å²) in [6.07, 6.45) is 4.87. The molecule has 0 amide bonds. The summed E-state index contributed by atoms with van der Waals surface area (Å²) in [5.74, 6) is -0.133. The molecule has 3 aromatic rings. The van der Waals surface area contributed by atoms with Crippen LogP contribution in [0.4, 0.5) is 0 Å². The number of benzene rings is 1. The Hall–Kier alpha value is -2.95. The number of carbonyl (C=O) groups is 2. The summed E-state index contributed by atoms with van der Waals surface area (Å²) in [4.78, 5) is 28.6. The van der Waals surface area contributed by atoms with Crippen molar-refractivity contribution < 1.29 is 9.59 Å². The fraction of sp³-hybridized carbons (Fsp3) is 0.167. The van der Waals surface area contributed by atoms with Gasteiger partial charge in [0.1, 0.15) is 6.33 Å². The second kappa shape index (κ2) is 6.04. The van der Waals surface area contributed by atoms with E-state index in [1.807, 2.05) is 37.3 Å². The molecule has 0 aliphatic rings. The normalized spacial score (nSPS) is 10.7. The average Bonchev–Trinajstić information content (AvgIpc) is 3.19. The lowest BCUT2D eigenvalue weighted by Crippen LogP contribution is -2.15. The molecule has 2 heterocycles. The summed E-state index contributed by atoms with van der Waals surface area (Å²) < 4.78 is 3.21. The van der Waals surface area contributed by atoms with E-state index < -0.39 is 0 Å². The highest BCUT2D eigenvalue weighted by molar-refractivity contribution is 6.08. The van der Waals surface area contributed by atoms with E-state index in [1.54, 1.807) is 30.1 Å². The Morgan fingerprint density at radius 1 is 1.09 bits per heavy atom. The molecule has 0 saturated carbocycles. The number of carbonyl (C=O) groups excluding carboxylic acids is 2. The number of hydrogen-bond acceptors (Lipinski definition) is 3. The predicted molar refractivity (Wildman–Crippen MR) is 86.6 cm³/mol. The van der Waals surface area contributed by atoms with Crippen molar-refractivity contribution in [1.29, 1.82) is 0 Å². The molecule has 0 saturated heterocycles. The van der Waals surface area contributed by atoms with Crippen LogP contribution in [0.15, 0.2) is 55.1 Å². The molecule has 0 spiro atoms. The van der Waals surface area contributed by atoms with Crippen molar-refractivity contribution in [2.75, 3.05) is 0 Å². The fourth-order valence-electron chi connectivity index (χ4n) is 2.46. The zero-order valence-corrected chi connectivity index (χ0v) is 13.1. The van der Waals surface area contributed by atoms with Gasteiger partial charge < -0.3 is 4.57 Å². The largest absolute Gasteiger partial charge is 0.344 e. The van der Waals surface area contributed by atoms with Crippen molar-refractivity contribution in [3.63, 3.8) is 0 Å². The summed E-state index contributed by atoms with van der Waals surface area (Å²) in [6, 6.07) is 11.1. The van der Waals surface area contributed by atoms with Crippen molar-refractivity contribution in [3.05, 3.63) is 77.6 Å². The Kier molecular flexibility index (Phi) is 3.93. The number of aryl methyl sites for hydroxylation is 1. The van der Waals surface area contributed by atoms with E-state index in [4.69, 9.17) is 0 Å². The molecule has 23 heavy (non-hydrogen) atoms. The highest BCUT2D eigenvalue weighted by atomic mass is 16.2. The van der Waals surface area contributed by atoms with Crippen molar-refractivity contribution in [2.24, 2.45) is 7.05 Å². The van der Waals surface area contributed by atoms with Crippen LogP contribution in [-0.4, -0.2) is 25.8 Å². The van der Waals surface area contributed by atoms with Gasteiger partial charge in [-0.15, -0.1) is 0 Å². The quantitative estimate of drug-likeness (QED) is 0.696. The van der Waals surface area contributed by atoms with Crippen molar-refractivity contribution >= 4 is 11.7 Å². The number of ketones is 1. The highest BCUT2D eigenvalue weighted by Gasteiger charge is 2.16. The molecule has 0 fully saturated rings. The van der Waals surface area contributed by atoms with E-state index in [1.165, 1.54) is 10.9 Å². The molecule has 0 unspecified atom stereocenters. The summed E-state index contributed by atoms with van der Waals surface area (Å²) >= 11 is 0. The SMILES string of the molecule is Cc1ccc(C(=O)c2ccc(CC(=O)n3ccnc3)n2C)cc1. The van der Waals surface area contributed by atoms with Crippen LogP contribution in [0.1, 0.15) is 32.1 Å². The van der Waals surface area contributed by atoms with Gasteiger partial charge in [0.25, 0.3) is 0 Å². The number of hydrogen-bond donors (Lipinski definition) is 0. The van der Waals surface area contributed by atoms with Crippen LogP contribution in [0.2, 0.25) is 0 Å². The Balaban J connectivity index is 1.83. The Morgan fingerprint density at radius 2 is 1.83 bits per heavy atom. The van der Waals surface area contributed by atoms with E-state index in [2.05, 4.69) is 4.98 Å². The summed E-state index contributed by atoms with van der Waals surface area (Å²) in [6.45, 7) is 1.98. The van der Waals surface area contributed by atoms with Crippen molar-refractivity contribution in [3.8, 4) is 0 Å². The third kappa shape index (κ3) is 2.99. The topological polar surface area (TPSA) is 56.9 Å². The van der Waals surface area contributed by atoms with E-state index in [0.717, 1.165) is 11.3 Å². The van der Waals surface area contributed by atoms with Gasteiger partial charge in [-0.3, -0.25) is 14.2 Å². The van der Waals surface area contributed by atoms with E-state index in [0.29, 0.717) is 11.3 Å². The monoisotopic (exact) mass is 307 g/mol. The maximum Gasteiger partial charge on any atom is 0.237 e. The molecule has 2 aromatic heterocycles. The van der Waals surface area contributed by atoms with Crippen LogP contribution in [0, 0.1) is 6.92 Å². The standard InChI is InChI=1S/C18H17N3O2/c1-13-3-5-14(6-4-13)18(23)16-8-7-15(20(16)2)11-17(22)21-10-9-19-12-21/h3-10,12H,11H2,1-2H3. The first-order chi connectivity index (χ1) is 11.1. The van der Waals surface area contributed by atoms with Gasteiger partial charge in [0.15, 0.2) is 0 Å². The lowest BCUT2D eigenvalue weighted by Gasteiger charge is -2.07. The minimum atomic E-state index is -0.0852. The summed E-state index contributed by atoms with van der Waals surface area (Å²) in [5.41, 5.74) is 3.12. The van der Waals surface area contributed by atoms with E-state index in [-0.39, 0.29) is 18.1 Å². The minimum absolute atomic E-state index is 0.0474. The fourth-order valence-corrected chi connectivity index (χ4v) is 2.46. The minimum Gasteiger partial charge on any atom is -0.344 e. The van der Waals surface area contributed by atoms with E-state index >= 15 is 0 Å². The Morgan fingerprint density at radius 3 is 2.48 bits per heavy atom. The first-order valence-electron chi connectivity index (χ1n) is 7.33. The van der Waals surface area contributed by atoms with Crippen LogP contribution in [0.25, 0.3) is 0 Å². The smallest absolute Gasteiger partial charge is 0.237 e. The zero-order chi connectivity index (χ0) is 16.4. The molecule has 5 heteroatoms. The number of nitrogens with zero attached hydrogens (tertiary/aromatic N) is 3. The van der Waals surface area contributed by atoms with Crippen LogP contribution >= 0.6 is 0 Å². The maximum absolute atomic E-state index is 12.6. The average molecular weight is 307 g/mol. The summed E-state index contributed by atoms with van der Waals surface area (Å²) in [7, 11) is 1.80. The lowest BCUT2D eigenvalue weighted by molar-refractivity contribution is 0.0910. The first-order valence-corrected chi connectivity index (χ1v) is 7.33. The van der Waals surface area contributed by atoms with Gasteiger partial charge in [-0.2, -0.15) is 0 Å². The van der Waals surface area contributed by atoms with Crippen molar-refractivity contribution in [1.82, 2.24) is 14.1 Å². The van der Waals surface area contributed by atoms with Gasteiger partial charge >= 0.3 is 0 Å². The molecule has 116 valence electrons. The molecule has 0 aliphatic carbocycles. The molecule has 0 atom stereocenters. The number of aromatic nitrogens is 3. The second-order valence-corrected chi connectivity index (χ2v) is 5.50. The molecule has 0 aliphatic heterocycles. The highest BCUT2D eigenvalue weighted by Crippen LogP contribution is 2.15. The Bertz CT molecular complexity index is 843.